The minimum Gasteiger partial charge on any atom is -0.252 e. The number of benzene rings is 8. The smallest absolute Gasteiger partial charge is 0.0972 e. The maximum atomic E-state index is 5.35. The van der Waals surface area contributed by atoms with Crippen LogP contribution in [-0.2, 0) is 0 Å². The van der Waals surface area contributed by atoms with Gasteiger partial charge in [-0.25, -0.2) is 4.98 Å². The molecule has 9 aromatic carbocycles. The van der Waals surface area contributed by atoms with Crippen molar-refractivity contribution >= 4 is 64.6 Å². The van der Waals surface area contributed by atoms with Gasteiger partial charge in [0, 0.05) is 16.7 Å². The Bertz CT molecular complexity index is 2780. The Labute approximate surface area is 265 Å². The van der Waals surface area contributed by atoms with E-state index in [1.165, 1.54) is 64.6 Å². The molecule has 0 N–H and O–H groups in total. The van der Waals surface area contributed by atoms with Crippen molar-refractivity contribution in [1.29, 1.82) is 0 Å². The molecule has 10 aromatic rings. The molecule has 0 amide bonds. The van der Waals surface area contributed by atoms with Crippen molar-refractivity contribution in [3.63, 3.8) is 0 Å². The van der Waals surface area contributed by atoms with Crippen LogP contribution in [0.3, 0.4) is 0 Å². The van der Waals surface area contributed by atoms with E-state index in [0.717, 1.165) is 33.8 Å². The third kappa shape index (κ3) is 3.65. The molecule has 2 nitrogen and oxygen atoms in total. The van der Waals surface area contributed by atoms with Crippen molar-refractivity contribution < 1.29 is 0 Å². The van der Waals surface area contributed by atoms with E-state index in [1.54, 1.807) is 0 Å². The SMILES string of the molecule is c1ccc(-c2ncc(-c3cc4ccc5cccc6c7cccc8ccc9cccc(c(c3)c4c56)c9c87)nc2-c2ccccc2)cc1. The summed E-state index contributed by atoms with van der Waals surface area (Å²) in [6.07, 6.45) is 1.94. The number of aromatic nitrogens is 2. The third-order valence-electron chi connectivity index (χ3n) is 9.59. The first kappa shape index (κ1) is 25.2. The lowest BCUT2D eigenvalue weighted by Crippen LogP contribution is -1.96. The van der Waals surface area contributed by atoms with Gasteiger partial charge in [-0.1, -0.05) is 140 Å². The molecule has 0 fully saturated rings. The number of nitrogens with zero attached hydrogens (tertiary/aromatic N) is 2. The molecule has 0 spiro atoms. The van der Waals surface area contributed by atoms with Crippen molar-refractivity contribution in [2.24, 2.45) is 0 Å². The molecule has 0 radical (unpaired) electrons. The van der Waals surface area contributed by atoms with E-state index < -0.39 is 0 Å². The quantitative estimate of drug-likeness (QED) is 0.194. The van der Waals surface area contributed by atoms with Crippen molar-refractivity contribution in [3.05, 3.63) is 158 Å². The summed E-state index contributed by atoms with van der Waals surface area (Å²) in [5.74, 6) is 0. The van der Waals surface area contributed by atoms with Crippen LogP contribution in [-0.4, -0.2) is 9.97 Å². The van der Waals surface area contributed by atoms with Gasteiger partial charge >= 0.3 is 0 Å². The van der Waals surface area contributed by atoms with Crippen LogP contribution in [0, 0.1) is 0 Å². The van der Waals surface area contributed by atoms with Crippen LogP contribution in [0.5, 0.6) is 0 Å². The molecule has 1 heterocycles. The number of rotatable bonds is 3. The Morgan fingerprint density at radius 3 is 1.37 bits per heavy atom. The van der Waals surface area contributed by atoms with Crippen LogP contribution in [0.1, 0.15) is 0 Å². The fourth-order valence-electron chi connectivity index (χ4n) is 7.56. The molecule has 0 aliphatic carbocycles. The minimum atomic E-state index is 0.859. The topological polar surface area (TPSA) is 25.8 Å². The van der Waals surface area contributed by atoms with Crippen LogP contribution in [0.15, 0.2) is 158 Å². The van der Waals surface area contributed by atoms with Gasteiger partial charge in [0.2, 0.25) is 0 Å². The fraction of sp³-hybridized carbons (Fsp3) is 0. The Morgan fingerprint density at radius 2 is 0.804 bits per heavy atom. The normalized spacial score (nSPS) is 11.9. The molecule has 0 atom stereocenters. The Hall–Kier alpha value is -6.12. The molecule has 46 heavy (non-hydrogen) atoms. The van der Waals surface area contributed by atoms with Crippen molar-refractivity contribution in [3.8, 4) is 33.8 Å². The van der Waals surface area contributed by atoms with Crippen LogP contribution < -0.4 is 0 Å². The monoisotopic (exact) mass is 582 g/mol. The highest BCUT2D eigenvalue weighted by Crippen LogP contribution is 2.44. The number of fused-ring (bicyclic) bond motifs is 2. The summed E-state index contributed by atoms with van der Waals surface area (Å²) < 4.78 is 0. The second-order valence-electron chi connectivity index (χ2n) is 12.1. The van der Waals surface area contributed by atoms with Gasteiger partial charge in [0.15, 0.2) is 0 Å². The van der Waals surface area contributed by atoms with Crippen molar-refractivity contribution in [2.75, 3.05) is 0 Å². The lowest BCUT2D eigenvalue weighted by atomic mass is 9.87. The summed E-state index contributed by atoms with van der Waals surface area (Å²) in [5.41, 5.74) is 5.79. The lowest BCUT2D eigenvalue weighted by Gasteiger charge is -2.17. The average Bonchev–Trinajstić information content (AvgIpc) is 3.13. The highest BCUT2D eigenvalue weighted by Gasteiger charge is 2.18. The molecule has 0 saturated heterocycles. The summed E-state index contributed by atoms with van der Waals surface area (Å²) in [5, 5.41) is 15.2. The zero-order chi connectivity index (χ0) is 30.2. The standard InChI is InChI=1S/C44H26N2/c1-3-10-30(11-4-1)43-44(31-12-5-2-6-13-31)46-38(26-45-43)33-24-32-23-22-29-15-8-18-35-34-17-7-14-27-20-21-28-16-9-19-36(41(28)39(27)34)37(25-33)42(32)40(29)35/h1-26H. The van der Waals surface area contributed by atoms with Crippen LogP contribution in [0.4, 0.5) is 0 Å². The third-order valence-corrected chi connectivity index (χ3v) is 9.59. The summed E-state index contributed by atoms with van der Waals surface area (Å²) >= 11 is 0. The van der Waals surface area contributed by atoms with Crippen LogP contribution in [0.2, 0.25) is 0 Å². The molecule has 10 rings (SSSR count). The van der Waals surface area contributed by atoms with Crippen LogP contribution in [0.25, 0.3) is 98.4 Å². The van der Waals surface area contributed by atoms with Gasteiger partial charge in [-0.05, 0) is 76.8 Å². The van der Waals surface area contributed by atoms with Gasteiger partial charge in [0.1, 0.15) is 0 Å². The molecule has 0 aliphatic heterocycles. The highest BCUT2D eigenvalue weighted by molar-refractivity contribution is 6.37. The van der Waals surface area contributed by atoms with Gasteiger partial charge in [-0.15, -0.1) is 0 Å². The van der Waals surface area contributed by atoms with Crippen molar-refractivity contribution in [2.45, 2.75) is 0 Å². The van der Waals surface area contributed by atoms with Gasteiger partial charge in [-0.2, -0.15) is 0 Å². The summed E-state index contributed by atoms with van der Waals surface area (Å²) in [6, 6.07) is 54.6. The second kappa shape index (κ2) is 9.69. The largest absolute Gasteiger partial charge is 0.252 e. The maximum absolute atomic E-state index is 5.35. The van der Waals surface area contributed by atoms with E-state index in [1.807, 2.05) is 18.3 Å². The maximum Gasteiger partial charge on any atom is 0.0972 e. The molecule has 2 heteroatoms. The first-order valence-corrected chi connectivity index (χ1v) is 15.7. The zero-order valence-corrected chi connectivity index (χ0v) is 24.9. The summed E-state index contributed by atoms with van der Waals surface area (Å²) in [6.45, 7) is 0. The van der Waals surface area contributed by atoms with Gasteiger partial charge in [-0.3, -0.25) is 4.98 Å². The molecule has 212 valence electrons. The predicted octanol–water partition coefficient (Wildman–Crippen LogP) is 11.8. The summed E-state index contributed by atoms with van der Waals surface area (Å²) in [4.78, 5) is 10.4. The number of hydrogen-bond acceptors (Lipinski definition) is 2. The van der Waals surface area contributed by atoms with Gasteiger partial charge < -0.3 is 0 Å². The molecule has 0 aliphatic rings. The van der Waals surface area contributed by atoms with E-state index >= 15 is 0 Å². The Morgan fingerprint density at radius 1 is 0.326 bits per heavy atom. The van der Waals surface area contributed by atoms with E-state index in [2.05, 4.69) is 140 Å². The van der Waals surface area contributed by atoms with E-state index in [0.29, 0.717) is 0 Å². The van der Waals surface area contributed by atoms with E-state index in [-0.39, 0.29) is 0 Å². The average molecular weight is 583 g/mol. The predicted molar refractivity (Wildman–Crippen MR) is 195 cm³/mol. The Balaban J connectivity index is 1.36. The van der Waals surface area contributed by atoms with Crippen molar-refractivity contribution in [1.82, 2.24) is 9.97 Å². The van der Waals surface area contributed by atoms with Gasteiger partial charge in [0.25, 0.3) is 0 Å². The minimum absolute atomic E-state index is 0.859. The Kier molecular flexibility index (Phi) is 5.31. The second-order valence-corrected chi connectivity index (χ2v) is 12.1. The van der Waals surface area contributed by atoms with Crippen LogP contribution >= 0.6 is 0 Å². The lowest BCUT2D eigenvalue weighted by molar-refractivity contribution is 1.21. The molecule has 0 bridgehead atoms. The molecule has 1 aromatic heterocycles. The highest BCUT2D eigenvalue weighted by atomic mass is 14.8. The van der Waals surface area contributed by atoms with E-state index in [4.69, 9.17) is 9.97 Å². The first-order chi connectivity index (χ1) is 22.8. The fourth-order valence-corrected chi connectivity index (χ4v) is 7.56. The molecule has 0 unspecified atom stereocenters. The molecular formula is C44H26N2. The molecular weight excluding hydrogens is 556 g/mol. The first-order valence-electron chi connectivity index (χ1n) is 15.7. The van der Waals surface area contributed by atoms with E-state index in [9.17, 15) is 0 Å². The number of hydrogen-bond donors (Lipinski definition) is 0. The summed E-state index contributed by atoms with van der Waals surface area (Å²) in [7, 11) is 0. The van der Waals surface area contributed by atoms with Gasteiger partial charge in [0.05, 0.1) is 23.3 Å². The molecule has 0 saturated carbocycles. The zero-order valence-electron chi connectivity index (χ0n) is 24.9.